The molecule has 4 aliphatic carbocycles. The monoisotopic (exact) mass is 466 g/mol. The van der Waals surface area contributed by atoms with Gasteiger partial charge in [0.2, 0.25) is 5.78 Å². The van der Waals surface area contributed by atoms with Gasteiger partial charge < -0.3 is 14.9 Å². The van der Waals surface area contributed by atoms with Gasteiger partial charge in [-0.25, -0.2) is 4.79 Å². The van der Waals surface area contributed by atoms with E-state index in [0.29, 0.717) is 31.2 Å². The molecule has 7 unspecified atom stereocenters. The summed E-state index contributed by atoms with van der Waals surface area (Å²) in [6.07, 6.45) is 5.38. The van der Waals surface area contributed by atoms with Crippen LogP contribution < -0.4 is 0 Å². The average Bonchev–Trinajstić information content (AvgIpc) is 3.11. The Kier molecular flexibility index (Phi) is 5.60. The maximum absolute atomic E-state index is 13.3. The van der Waals surface area contributed by atoms with Crippen LogP contribution in [0.4, 0.5) is 0 Å². The molecular formula is C28H34O6. The molecule has 7 atom stereocenters. The summed E-state index contributed by atoms with van der Waals surface area (Å²) in [6, 6.07) is 8.60. The second kappa shape index (κ2) is 8.13. The minimum Gasteiger partial charge on any atom is -0.447 e. The smallest absolute Gasteiger partial charge is 0.339 e. The van der Waals surface area contributed by atoms with Crippen molar-refractivity contribution >= 4 is 17.5 Å². The number of ketones is 2. The van der Waals surface area contributed by atoms with E-state index in [9.17, 15) is 24.6 Å². The summed E-state index contributed by atoms with van der Waals surface area (Å²) in [4.78, 5) is 38.5. The van der Waals surface area contributed by atoms with Crippen molar-refractivity contribution in [1.29, 1.82) is 0 Å². The first-order valence-corrected chi connectivity index (χ1v) is 12.5. The van der Waals surface area contributed by atoms with Gasteiger partial charge in [0.05, 0.1) is 11.7 Å². The molecule has 6 heteroatoms. The molecule has 0 heterocycles. The van der Waals surface area contributed by atoms with Gasteiger partial charge in [-0.15, -0.1) is 0 Å². The summed E-state index contributed by atoms with van der Waals surface area (Å²) in [5.41, 5.74) is -0.963. The molecule has 182 valence electrons. The van der Waals surface area contributed by atoms with Gasteiger partial charge in [-0.05, 0) is 79.9 Å². The van der Waals surface area contributed by atoms with E-state index in [-0.39, 0.29) is 29.0 Å². The lowest BCUT2D eigenvalue weighted by Gasteiger charge is -2.60. The number of benzene rings is 1. The molecule has 6 nitrogen and oxygen atoms in total. The van der Waals surface area contributed by atoms with E-state index >= 15 is 0 Å². The second-order valence-corrected chi connectivity index (χ2v) is 11.3. The van der Waals surface area contributed by atoms with E-state index in [4.69, 9.17) is 4.74 Å². The summed E-state index contributed by atoms with van der Waals surface area (Å²) < 4.78 is 6.07. The molecule has 3 fully saturated rings. The summed E-state index contributed by atoms with van der Waals surface area (Å²) in [5, 5.41) is 21.5. The normalized spacial score (nSPS) is 41.1. The third kappa shape index (κ3) is 3.18. The van der Waals surface area contributed by atoms with Gasteiger partial charge >= 0.3 is 5.97 Å². The van der Waals surface area contributed by atoms with Gasteiger partial charge in [-0.2, -0.15) is 0 Å². The molecule has 4 aliphatic rings. The number of ether oxygens (including phenoxy) is 1. The van der Waals surface area contributed by atoms with Crippen molar-refractivity contribution < 1.29 is 29.3 Å². The lowest BCUT2D eigenvalue weighted by molar-refractivity contribution is -0.183. The molecule has 1 aromatic carbocycles. The zero-order chi connectivity index (χ0) is 24.3. The van der Waals surface area contributed by atoms with Crippen molar-refractivity contribution in [2.45, 2.75) is 70.5 Å². The number of Topliss-reactive ketones (excluding diaryl/α,β-unsaturated/α-hetero) is 1. The highest BCUT2D eigenvalue weighted by molar-refractivity contribution is 5.96. The number of esters is 1. The highest BCUT2D eigenvalue weighted by Crippen LogP contribution is 2.68. The molecule has 3 saturated carbocycles. The molecule has 0 aliphatic heterocycles. The van der Waals surface area contributed by atoms with E-state index in [2.05, 4.69) is 6.92 Å². The van der Waals surface area contributed by atoms with E-state index in [1.54, 1.807) is 36.4 Å². The first kappa shape index (κ1) is 23.4. The Hall–Kier alpha value is -2.31. The number of hydrogen-bond acceptors (Lipinski definition) is 6. The van der Waals surface area contributed by atoms with Crippen LogP contribution in [0.25, 0.3) is 0 Å². The molecule has 0 radical (unpaired) electrons. The average molecular weight is 467 g/mol. The van der Waals surface area contributed by atoms with Crippen LogP contribution in [0.1, 0.15) is 69.2 Å². The summed E-state index contributed by atoms with van der Waals surface area (Å²) >= 11 is 0. The number of carbonyl (C=O) groups excluding carboxylic acids is 3. The lowest BCUT2D eigenvalue weighted by Crippen LogP contribution is -2.63. The second-order valence-electron chi connectivity index (χ2n) is 11.3. The third-order valence-electron chi connectivity index (χ3n) is 9.89. The quantitative estimate of drug-likeness (QED) is 0.657. The highest BCUT2D eigenvalue weighted by Gasteiger charge is 2.70. The van der Waals surface area contributed by atoms with Crippen LogP contribution in [0.15, 0.2) is 42.0 Å². The fourth-order valence-electron chi connectivity index (χ4n) is 8.28. The standard InChI is InChI=1S/C28H34O6/c1-26-12-10-19(30)14-18(26)8-9-20-21-11-13-28(23(32)16-29,27(21,2)15-22(31)24(20)26)34-25(33)17-6-4-3-5-7-17/h3-7,14,20-22,24,29,31H,8-13,15-16H2,1-2H3. The van der Waals surface area contributed by atoms with Gasteiger partial charge in [0.25, 0.3) is 0 Å². The summed E-state index contributed by atoms with van der Waals surface area (Å²) in [5.74, 6) is -0.652. The summed E-state index contributed by atoms with van der Waals surface area (Å²) in [7, 11) is 0. The molecule has 0 amide bonds. The number of fused-ring (bicyclic) bond motifs is 5. The van der Waals surface area contributed by atoms with Crippen molar-refractivity contribution in [3.63, 3.8) is 0 Å². The number of rotatable bonds is 4. The van der Waals surface area contributed by atoms with Gasteiger partial charge in [0.1, 0.15) is 6.61 Å². The molecule has 2 N–H and O–H groups in total. The van der Waals surface area contributed by atoms with Crippen LogP contribution in [0.2, 0.25) is 0 Å². The van der Waals surface area contributed by atoms with E-state index in [1.165, 1.54) is 0 Å². The first-order chi connectivity index (χ1) is 16.2. The molecular weight excluding hydrogens is 432 g/mol. The highest BCUT2D eigenvalue weighted by atomic mass is 16.6. The Morgan fingerprint density at radius 2 is 1.82 bits per heavy atom. The molecule has 0 spiro atoms. The minimum atomic E-state index is -1.47. The van der Waals surface area contributed by atoms with Gasteiger partial charge in [0, 0.05) is 11.8 Å². The Balaban J connectivity index is 1.53. The fraction of sp³-hybridized carbons (Fsp3) is 0.607. The molecule has 0 aromatic heterocycles. The first-order valence-electron chi connectivity index (χ1n) is 12.5. The molecule has 5 rings (SSSR count). The fourth-order valence-corrected chi connectivity index (χ4v) is 8.28. The lowest BCUT2D eigenvalue weighted by atomic mass is 9.45. The van der Waals surface area contributed by atoms with E-state index in [1.807, 2.05) is 6.92 Å². The molecule has 0 saturated heterocycles. The molecule has 1 aromatic rings. The van der Waals surface area contributed by atoms with Crippen LogP contribution in [0.3, 0.4) is 0 Å². The van der Waals surface area contributed by atoms with Crippen molar-refractivity contribution in [3.05, 3.63) is 47.5 Å². The van der Waals surface area contributed by atoms with Crippen molar-refractivity contribution in [2.24, 2.45) is 28.6 Å². The van der Waals surface area contributed by atoms with Crippen LogP contribution in [0, 0.1) is 28.6 Å². The van der Waals surface area contributed by atoms with Crippen LogP contribution in [-0.2, 0) is 14.3 Å². The van der Waals surface area contributed by atoms with E-state index < -0.39 is 35.5 Å². The number of allylic oxidation sites excluding steroid dienone is 1. The largest absolute Gasteiger partial charge is 0.447 e. The summed E-state index contributed by atoms with van der Waals surface area (Å²) in [6.45, 7) is 3.44. The van der Waals surface area contributed by atoms with Crippen LogP contribution in [-0.4, -0.2) is 46.1 Å². The van der Waals surface area contributed by atoms with Crippen molar-refractivity contribution in [1.82, 2.24) is 0 Å². The topological polar surface area (TPSA) is 101 Å². The number of hydrogen-bond donors (Lipinski definition) is 2. The number of carbonyl (C=O) groups is 3. The van der Waals surface area contributed by atoms with Gasteiger partial charge in [0.15, 0.2) is 11.4 Å². The Bertz CT molecular complexity index is 1050. The SMILES string of the molecule is CC12CCC(=O)C=C1CCC1C2C(O)CC2(C)C1CCC2(OC(=O)c1ccccc1)C(=O)CO. The molecule has 0 bridgehead atoms. The maximum atomic E-state index is 13.3. The van der Waals surface area contributed by atoms with Crippen LogP contribution in [0.5, 0.6) is 0 Å². The van der Waals surface area contributed by atoms with E-state index in [0.717, 1.165) is 24.8 Å². The number of aliphatic hydroxyl groups is 2. The predicted octanol–water partition coefficient (Wildman–Crippen LogP) is 3.65. The Morgan fingerprint density at radius 3 is 2.53 bits per heavy atom. The number of aliphatic hydroxyl groups excluding tert-OH is 2. The predicted molar refractivity (Wildman–Crippen MR) is 125 cm³/mol. The Labute approximate surface area is 200 Å². The van der Waals surface area contributed by atoms with Crippen LogP contribution >= 0.6 is 0 Å². The maximum Gasteiger partial charge on any atom is 0.339 e. The minimum absolute atomic E-state index is 0.00327. The van der Waals surface area contributed by atoms with Crippen molar-refractivity contribution in [2.75, 3.05) is 6.61 Å². The third-order valence-corrected chi connectivity index (χ3v) is 9.89. The van der Waals surface area contributed by atoms with Crippen molar-refractivity contribution in [3.8, 4) is 0 Å². The van der Waals surface area contributed by atoms with Gasteiger partial charge in [-0.1, -0.05) is 37.6 Å². The zero-order valence-electron chi connectivity index (χ0n) is 20.0. The molecule has 34 heavy (non-hydrogen) atoms. The van der Waals surface area contributed by atoms with Gasteiger partial charge in [-0.3, -0.25) is 9.59 Å². The Morgan fingerprint density at radius 1 is 1.09 bits per heavy atom. The zero-order valence-corrected chi connectivity index (χ0v) is 20.0.